The first-order chi connectivity index (χ1) is 12.6. The average Bonchev–Trinajstić information content (AvgIpc) is 3.24. The van der Waals surface area contributed by atoms with Crippen molar-refractivity contribution >= 4 is 16.9 Å². The van der Waals surface area contributed by atoms with Gasteiger partial charge >= 0.3 is 0 Å². The Kier molecular flexibility index (Phi) is 4.04. The minimum absolute atomic E-state index is 0.0937. The minimum Gasteiger partial charge on any atom is -0.365 e. The van der Waals surface area contributed by atoms with Crippen LogP contribution >= 0.6 is 0 Å². The van der Waals surface area contributed by atoms with Crippen molar-refractivity contribution in [1.29, 1.82) is 0 Å². The van der Waals surface area contributed by atoms with Gasteiger partial charge in [0, 0.05) is 31.0 Å². The number of nitrogens with zero attached hydrogens (tertiary/aromatic N) is 8. The van der Waals surface area contributed by atoms with Crippen LogP contribution in [0.25, 0.3) is 22.4 Å². The van der Waals surface area contributed by atoms with Crippen molar-refractivity contribution in [1.82, 2.24) is 39.5 Å². The van der Waals surface area contributed by atoms with Crippen LogP contribution in [-0.4, -0.2) is 45.5 Å². The third kappa shape index (κ3) is 2.99. The summed E-state index contributed by atoms with van der Waals surface area (Å²) in [5, 5.41) is 13.1. The van der Waals surface area contributed by atoms with Crippen molar-refractivity contribution in [3.63, 3.8) is 0 Å². The van der Waals surface area contributed by atoms with E-state index in [-0.39, 0.29) is 6.04 Å². The van der Waals surface area contributed by atoms with Crippen molar-refractivity contribution in [2.24, 2.45) is 7.05 Å². The van der Waals surface area contributed by atoms with E-state index in [0.29, 0.717) is 12.4 Å². The fourth-order valence-corrected chi connectivity index (χ4v) is 2.95. The van der Waals surface area contributed by atoms with Gasteiger partial charge in [0.2, 0.25) is 0 Å². The molecule has 0 bridgehead atoms. The molecule has 4 aromatic rings. The molecule has 0 aliphatic heterocycles. The lowest BCUT2D eigenvalue weighted by atomic mass is 10.2. The molecule has 0 aliphatic carbocycles. The molecule has 0 amide bonds. The molecule has 0 aromatic carbocycles. The highest BCUT2D eigenvalue weighted by molar-refractivity contribution is 5.90. The number of anilines is 1. The van der Waals surface area contributed by atoms with E-state index in [2.05, 4.69) is 32.4 Å². The number of hydrogen-bond donors (Lipinski definition) is 1. The number of hydrogen-bond acceptors (Lipinski definition) is 7. The molecule has 132 valence electrons. The Labute approximate surface area is 150 Å². The lowest BCUT2D eigenvalue weighted by molar-refractivity contribution is 0.558. The molecule has 26 heavy (non-hydrogen) atoms. The summed E-state index contributed by atoms with van der Waals surface area (Å²) >= 11 is 0. The highest BCUT2D eigenvalue weighted by Gasteiger charge is 2.17. The zero-order valence-electron chi connectivity index (χ0n) is 14.8. The maximum Gasteiger partial charge on any atom is 0.165 e. The van der Waals surface area contributed by atoms with Crippen molar-refractivity contribution in [2.45, 2.75) is 26.4 Å². The van der Waals surface area contributed by atoms with E-state index in [0.717, 1.165) is 28.1 Å². The number of fused-ring (bicyclic) bond motifs is 1. The largest absolute Gasteiger partial charge is 0.365 e. The fraction of sp³-hybridized carbons (Fsp3) is 0.294. The molecule has 1 N–H and O–H groups in total. The summed E-state index contributed by atoms with van der Waals surface area (Å²) in [5.41, 5.74) is 2.53. The van der Waals surface area contributed by atoms with Crippen LogP contribution in [0.1, 0.15) is 12.6 Å². The molecule has 0 saturated carbocycles. The van der Waals surface area contributed by atoms with Gasteiger partial charge in [-0.1, -0.05) is 0 Å². The highest BCUT2D eigenvalue weighted by Crippen LogP contribution is 2.27. The van der Waals surface area contributed by atoms with Gasteiger partial charge in [-0.25, -0.2) is 15.0 Å². The number of rotatable bonds is 5. The van der Waals surface area contributed by atoms with Crippen LogP contribution in [0.5, 0.6) is 0 Å². The summed E-state index contributed by atoms with van der Waals surface area (Å²) in [7, 11) is 1.89. The van der Waals surface area contributed by atoms with Crippen LogP contribution < -0.4 is 5.32 Å². The van der Waals surface area contributed by atoms with E-state index in [1.807, 2.05) is 26.1 Å². The molecule has 9 heteroatoms. The Balaban J connectivity index is 1.76. The zero-order chi connectivity index (χ0) is 18.1. The summed E-state index contributed by atoms with van der Waals surface area (Å²) in [4.78, 5) is 17.6. The van der Waals surface area contributed by atoms with Crippen LogP contribution in [0, 0.1) is 6.92 Å². The average molecular weight is 349 g/mol. The van der Waals surface area contributed by atoms with Crippen molar-refractivity contribution in [3.8, 4) is 11.4 Å². The van der Waals surface area contributed by atoms with E-state index in [9.17, 15) is 0 Å². The van der Waals surface area contributed by atoms with Gasteiger partial charge in [0.25, 0.3) is 0 Å². The molecule has 4 heterocycles. The van der Waals surface area contributed by atoms with Crippen LogP contribution in [-0.2, 0) is 13.6 Å². The van der Waals surface area contributed by atoms with Crippen LogP contribution in [0.4, 0.5) is 5.82 Å². The molecule has 0 saturated heterocycles. The second-order valence-corrected chi connectivity index (χ2v) is 6.21. The summed E-state index contributed by atoms with van der Waals surface area (Å²) in [6.45, 7) is 4.71. The Bertz CT molecular complexity index is 1020. The first kappa shape index (κ1) is 16.1. The highest BCUT2D eigenvalue weighted by atomic mass is 15.3. The van der Waals surface area contributed by atoms with E-state index < -0.39 is 0 Å². The van der Waals surface area contributed by atoms with Gasteiger partial charge in [-0.15, -0.1) is 0 Å². The number of nitrogens with one attached hydrogen (secondary N) is 1. The summed E-state index contributed by atoms with van der Waals surface area (Å²) in [6, 6.07) is 3.91. The molecule has 0 spiro atoms. The molecule has 4 rings (SSSR count). The summed E-state index contributed by atoms with van der Waals surface area (Å²) < 4.78 is 3.56. The van der Waals surface area contributed by atoms with Crippen molar-refractivity contribution < 1.29 is 0 Å². The third-order valence-corrected chi connectivity index (χ3v) is 4.09. The predicted molar refractivity (Wildman–Crippen MR) is 97.4 cm³/mol. The molecule has 4 aromatic heterocycles. The summed E-state index contributed by atoms with van der Waals surface area (Å²) in [6.07, 6.45) is 6.72. The lowest BCUT2D eigenvalue weighted by Crippen LogP contribution is -2.23. The number of pyridine rings is 1. The molecule has 9 nitrogen and oxygen atoms in total. The SMILES string of the molecule is Cc1nn(C)c2nc(-c3cccnc3)nc(N[C@@H](C)Cn3cncn3)c12. The Morgan fingerprint density at radius 3 is 2.85 bits per heavy atom. The molecule has 0 fully saturated rings. The van der Waals surface area contributed by atoms with Crippen molar-refractivity contribution in [2.75, 3.05) is 5.32 Å². The molecule has 0 aliphatic rings. The Morgan fingerprint density at radius 1 is 1.23 bits per heavy atom. The molecule has 0 radical (unpaired) electrons. The van der Waals surface area contributed by atoms with Gasteiger partial charge in [0.1, 0.15) is 18.5 Å². The summed E-state index contributed by atoms with van der Waals surface area (Å²) in [5.74, 6) is 1.37. The Hall–Kier alpha value is -3.36. The monoisotopic (exact) mass is 349 g/mol. The van der Waals surface area contributed by atoms with Crippen LogP contribution in [0.2, 0.25) is 0 Å². The standard InChI is InChI=1S/C17H19N9/c1-11(8-26-10-19-9-20-26)21-16-14-12(2)24-25(3)17(14)23-15(22-16)13-5-4-6-18-7-13/h4-7,9-11H,8H2,1-3H3,(H,21,22,23)/t11-/m0/s1. The second kappa shape index (κ2) is 6.51. The van der Waals surface area contributed by atoms with Gasteiger partial charge in [-0.2, -0.15) is 10.2 Å². The van der Waals surface area contributed by atoms with Crippen LogP contribution in [0.15, 0.2) is 37.2 Å². The van der Waals surface area contributed by atoms with E-state index in [1.54, 1.807) is 28.1 Å². The minimum atomic E-state index is 0.0937. The van der Waals surface area contributed by atoms with Gasteiger partial charge in [-0.3, -0.25) is 14.3 Å². The quantitative estimate of drug-likeness (QED) is 0.587. The molecule has 1 atom stereocenters. The lowest BCUT2D eigenvalue weighted by Gasteiger charge is -2.16. The molecular formula is C17H19N9. The predicted octanol–water partition coefficient (Wildman–Crippen LogP) is 1.83. The zero-order valence-corrected chi connectivity index (χ0v) is 14.8. The normalized spacial score (nSPS) is 12.4. The van der Waals surface area contributed by atoms with Gasteiger partial charge in [0.05, 0.1) is 17.6 Å². The number of aryl methyl sites for hydroxylation is 2. The van der Waals surface area contributed by atoms with E-state index in [1.165, 1.54) is 6.33 Å². The molecule has 0 unspecified atom stereocenters. The van der Waals surface area contributed by atoms with Gasteiger partial charge < -0.3 is 5.32 Å². The third-order valence-electron chi connectivity index (χ3n) is 4.09. The maximum atomic E-state index is 4.75. The fourth-order valence-electron chi connectivity index (χ4n) is 2.95. The molecular weight excluding hydrogens is 330 g/mol. The Morgan fingerprint density at radius 2 is 2.12 bits per heavy atom. The van der Waals surface area contributed by atoms with Crippen LogP contribution in [0.3, 0.4) is 0 Å². The van der Waals surface area contributed by atoms with Gasteiger partial charge in [-0.05, 0) is 26.0 Å². The first-order valence-electron chi connectivity index (χ1n) is 8.32. The smallest absolute Gasteiger partial charge is 0.165 e. The maximum absolute atomic E-state index is 4.75. The van der Waals surface area contributed by atoms with Gasteiger partial charge in [0.15, 0.2) is 11.5 Å². The van der Waals surface area contributed by atoms with E-state index >= 15 is 0 Å². The van der Waals surface area contributed by atoms with Crippen molar-refractivity contribution in [3.05, 3.63) is 42.9 Å². The second-order valence-electron chi connectivity index (χ2n) is 6.21. The topological polar surface area (TPSA) is 99.2 Å². The van der Waals surface area contributed by atoms with E-state index in [4.69, 9.17) is 9.97 Å². The number of aromatic nitrogens is 8. The first-order valence-corrected chi connectivity index (χ1v) is 8.32.